The molecule has 3 aromatic rings. The average Bonchev–Trinajstić information content (AvgIpc) is 3.17. The Bertz CT molecular complexity index is 1080. The summed E-state index contributed by atoms with van der Waals surface area (Å²) in [6.45, 7) is 0. The van der Waals surface area contributed by atoms with Gasteiger partial charge in [0.25, 0.3) is 0 Å². The highest BCUT2D eigenvalue weighted by Crippen LogP contribution is 2.35. The maximum atomic E-state index is 12.8. The molecule has 1 amide bonds. The molecule has 3 N–H and O–H groups in total. The first kappa shape index (κ1) is 20.2. The zero-order valence-corrected chi connectivity index (χ0v) is 17.5. The van der Waals surface area contributed by atoms with Crippen LogP contribution in [0.2, 0.25) is 5.28 Å². The number of hydrogen-bond acceptors (Lipinski definition) is 7. The average molecular weight is 431 g/mol. The molecule has 0 radical (unpaired) electrons. The summed E-state index contributed by atoms with van der Waals surface area (Å²) in [6.07, 6.45) is 4.91. The van der Waals surface area contributed by atoms with E-state index in [-0.39, 0.29) is 29.0 Å². The second-order valence-corrected chi connectivity index (χ2v) is 7.60. The van der Waals surface area contributed by atoms with E-state index >= 15 is 0 Å². The molecule has 9 nitrogen and oxygen atoms in total. The van der Waals surface area contributed by atoms with E-state index in [1.807, 2.05) is 4.57 Å². The summed E-state index contributed by atoms with van der Waals surface area (Å²) in [4.78, 5) is 25.3. The van der Waals surface area contributed by atoms with E-state index in [9.17, 15) is 4.79 Å². The smallest absolute Gasteiger partial charge is 0.227 e. The number of rotatable bonds is 5. The summed E-state index contributed by atoms with van der Waals surface area (Å²) in [6, 6.07) is 5.52. The molecule has 30 heavy (non-hydrogen) atoms. The number of methoxy groups -OCH3 is 2. The van der Waals surface area contributed by atoms with Crippen molar-refractivity contribution in [3.05, 3.63) is 29.8 Å². The number of ether oxygens (including phenoxy) is 2. The van der Waals surface area contributed by atoms with Crippen LogP contribution in [0.5, 0.6) is 11.5 Å². The highest BCUT2D eigenvalue weighted by atomic mass is 35.5. The van der Waals surface area contributed by atoms with E-state index in [4.69, 9.17) is 26.8 Å². The van der Waals surface area contributed by atoms with Crippen molar-refractivity contribution in [2.75, 3.05) is 25.3 Å². The van der Waals surface area contributed by atoms with Gasteiger partial charge in [-0.3, -0.25) is 4.79 Å². The molecule has 0 unspecified atom stereocenters. The summed E-state index contributed by atoms with van der Waals surface area (Å²) in [7, 11) is 3.14. The van der Waals surface area contributed by atoms with Crippen LogP contribution in [0.15, 0.2) is 24.5 Å². The number of imidazole rings is 1. The summed E-state index contributed by atoms with van der Waals surface area (Å²) >= 11 is 5.96. The van der Waals surface area contributed by atoms with Crippen molar-refractivity contribution in [2.45, 2.75) is 31.7 Å². The van der Waals surface area contributed by atoms with Crippen molar-refractivity contribution in [3.63, 3.8) is 0 Å². The Morgan fingerprint density at radius 2 is 1.90 bits per heavy atom. The van der Waals surface area contributed by atoms with Crippen LogP contribution in [-0.4, -0.2) is 39.6 Å². The number of nitrogens with one attached hydrogen (secondary N) is 1. The third kappa shape index (κ3) is 3.85. The van der Waals surface area contributed by atoms with Crippen molar-refractivity contribution in [1.82, 2.24) is 19.5 Å². The molecule has 0 bridgehead atoms. The lowest BCUT2D eigenvalue weighted by molar-refractivity contribution is -0.120. The van der Waals surface area contributed by atoms with Crippen LogP contribution < -0.4 is 20.5 Å². The van der Waals surface area contributed by atoms with Crippen LogP contribution in [0.25, 0.3) is 11.2 Å². The van der Waals surface area contributed by atoms with Crippen LogP contribution in [0.3, 0.4) is 0 Å². The highest BCUT2D eigenvalue weighted by Gasteiger charge is 2.28. The van der Waals surface area contributed by atoms with Crippen LogP contribution in [0.4, 0.5) is 11.5 Å². The fourth-order valence-corrected chi connectivity index (χ4v) is 4.12. The van der Waals surface area contributed by atoms with Gasteiger partial charge in [-0.1, -0.05) is 0 Å². The molecule has 0 atom stereocenters. The number of halogens is 1. The van der Waals surface area contributed by atoms with Gasteiger partial charge < -0.3 is 25.1 Å². The number of aromatic nitrogens is 4. The maximum Gasteiger partial charge on any atom is 0.227 e. The van der Waals surface area contributed by atoms with Gasteiger partial charge in [0.05, 0.1) is 20.5 Å². The van der Waals surface area contributed by atoms with Crippen molar-refractivity contribution < 1.29 is 14.3 Å². The number of nitrogens with two attached hydrogens (primary N) is 1. The molecule has 0 spiro atoms. The predicted octanol–water partition coefficient (Wildman–Crippen LogP) is 3.45. The Labute approximate surface area is 178 Å². The molecular weight excluding hydrogens is 408 g/mol. The van der Waals surface area contributed by atoms with E-state index in [0.717, 1.165) is 25.7 Å². The molecule has 1 aliphatic carbocycles. The number of nitrogen functional groups attached to an aromatic ring is 1. The van der Waals surface area contributed by atoms with Gasteiger partial charge in [0.1, 0.15) is 5.52 Å². The number of hydrogen-bond donors (Lipinski definition) is 2. The normalized spacial score (nSPS) is 18.9. The summed E-state index contributed by atoms with van der Waals surface area (Å²) in [5.41, 5.74) is 7.75. The second-order valence-electron chi connectivity index (χ2n) is 7.27. The van der Waals surface area contributed by atoms with Gasteiger partial charge in [-0.05, 0) is 49.4 Å². The number of fused-ring (bicyclic) bond motifs is 1. The highest BCUT2D eigenvalue weighted by molar-refractivity contribution is 6.28. The van der Waals surface area contributed by atoms with E-state index < -0.39 is 0 Å². The topological polar surface area (TPSA) is 117 Å². The molecule has 1 fully saturated rings. The molecule has 158 valence electrons. The zero-order valence-electron chi connectivity index (χ0n) is 16.8. The standard InChI is InChI=1S/C20H23ClN6O3/c1-29-14-8-5-12(9-15(14)30-2)24-19(28)11-3-6-13(7-4-11)27-10-23-16-17(22)25-20(21)26-18(16)27/h5,8-11,13H,3-4,6-7H2,1-2H3,(H,24,28)(H2,22,25,26)/t11-,13+. The van der Waals surface area contributed by atoms with Gasteiger partial charge >= 0.3 is 0 Å². The lowest BCUT2D eigenvalue weighted by Gasteiger charge is -2.28. The third-order valence-electron chi connectivity index (χ3n) is 5.53. The zero-order chi connectivity index (χ0) is 21.3. The Morgan fingerprint density at radius 3 is 2.60 bits per heavy atom. The molecule has 4 rings (SSSR count). The van der Waals surface area contributed by atoms with Crippen LogP contribution >= 0.6 is 11.6 Å². The summed E-state index contributed by atoms with van der Waals surface area (Å²) in [5, 5.41) is 3.09. The minimum atomic E-state index is -0.0626. The first-order valence-electron chi connectivity index (χ1n) is 9.68. The van der Waals surface area contributed by atoms with E-state index in [1.54, 1.807) is 38.7 Å². The lowest BCUT2D eigenvalue weighted by Crippen LogP contribution is -2.28. The minimum Gasteiger partial charge on any atom is -0.493 e. The van der Waals surface area contributed by atoms with Gasteiger partial charge in [0, 0.05) is 23.7 Å². The van der Waals surface area contributed by atoms with Gasteiger partial charge in [-0.15, -0.1) is 0 Å². The Kier molecular flexibility index (Phi) is 5.63. The molecule has 2 aromatic heterocycles. The Balaban J connectivity index is 1.42. The van der Waals surface area contributed by atoms with Gasteiger partial charge in [-0.2, -0.15) is 9.97 Å². The van der Waals surface area contributed by atoms with Crippen LogP contribution in [0.1, 0.15) is 31.7 Å². The van der Waals surface area contributed by atoms with Crippen molar-refractivity contribution in [3.8, 4) is 11.5 Å². The molecule has 1 saturated carbocycles. The van der Waals surface area contributed by atoms with Crippen molar-refractivity contribution >= 4 is 40.2 Å². The predicted molar refractivity (Wildman–Crippen MR) is 114 cm³/mol. The quantitative estimate of drug-likeness (QED) is 0.595. The molecule has 0 saturated heterocycles. The van der Waals surface area contributed by atoms with E-state index in [1.165, 1.54) is 0 Å². The first-order chi connectivity index (χ1) is 14.5. The SMILES string of the molecule is COc1ccc(NC(=O)[C@H]2CC[C@@H](n3cnc4c(N)nc(Cl)nc43)CC2)cc1OC. The van der Waals surface area contributed by atoms with Gasteiger partial charge in [-0.25, -0.2) is 4.98 Å². The number of amides is 1. The lowest BCUT2D eigenvalue weighted by atomic mass is 9.85. The first-order valence-corrected chi connectivity index (χ1v) is 10.1. The van der Waals surface area contributed by atoms with Crippen molar-refractivity contribution in [2.24, 2.45) is 5.92 Å². The molecular formula is C20H23ClN6O3. The van der Waals surface area contributed by atoms with Crippen LogP contribution in [0, 0.1) is 5.92 Å². The molecule has 1 aliphatic rings. The van der Waals surface area contributed by atoms with Gasteiger partial charge in [0.2, 0.25) is 11.2 Å². The fraction of sp³-hybridized carbons (Fsp3) is 0.400. The van der Waals surface area contributed by atoms with E-state index in [0.29, 0.717) is 28.4 Å². The second kappa shape index (κ2) is 8.35. The number of benzene rings is 1. The number of anilines is 2. The van der Waals surface area contributed by atoms with Gasteiger partial charge in [0.15, 0.2) is 23.0 Å². The summed E-state index contributed by atoms with van der Waals surface area (Å²) in [5.74, 6) is 1.41. The third-order valence-corrected chi connectivity index (χ3v) is 5.70. The molecule has 10 heteroatoms. The summed E-state index contributed by atoms with van der Waals surface area (Å²) < 4.78 is 12.5. The Hall–Kier alpha value is -3.07. The number of nitrogens with zero attached hydrogens (tertiary/aromatic N) is 4. The number of carbonyl (C=O) groups excluding carboxylic acids is 1. The molecule has 2 heterocycles. The largest absolute Gasteiger partial charge is 0.493 e. The fourth-order valence-electron chi connectivity index (χ4n) is 3.95. The maximum absolute atomic E-state index is 12.8. The minimum absolute atomic E-state index is 0.00535. The molecule has 1 aromatic carbocycles. The Morgan fingerprint density at radius 1 is 1.17 bits per heavy atom. The van der Waals surface area contributed by atoms with E-state index in [2.05, 4.69) is 20.3 Å². The monoisotopic (exact) mass is 430 g/mol. The molecule has 0 aliphatic heterocycles. The van der Waals surface area contributed by atoms with Crippen molar-refractivity contribution in [1.29, 1.82) is 0 Å². The van der Waals surface area contributed by atoms with Crippen LogP contribution in [-0.2, 0) is 4.79 Å². The number of carbonyl (C=O) groups is 1.